The van der Waals surface area contributed by atoms with Crippen LogP contribution in [0.1, 0.15) is 70.3 Å². The number of nitrogens with one attached hydrogen (secondary N) is 4. The molecular formula is C33H44ClN7O6S. The molecule has 0 spiro atoms. The minimum atomic E-state index is -3.64. The van der Waals surface area contributed by atoms with Crippen molar-refractivity contribution in [1.29, 1.82) is 5.41 Å². The fraction of sp³-hybridized carbons (Fsp3) is 0.455. The van der Waals surface area contributed by atoms with E-state index in [0.29, 0.717) is 19.0 Å². The van der Waals surface area contributed by atoms with Gasteiger partial charge in [-0.3, -0.25) is 14.9 Å². The van der Waals surface area contributed by atoms with Crippen LogP contribution in [0, 0.1) is 5.41 Å². The minimum absolute atomic E-state index is 0.0940. The first kappa shape index (κ1) is 36.5. The Hall–Kier alpha value is -4.30. The number of hydrogen-bond acceptors (Lipinski definition) is 10. The van der Waals surface area contributed by atoms with Crippen LogP contribution in [-0.2, 0) is 20.2 Å². The van der Waals surface area contributed by atoms with Crippen molar-refractivity contribution in [3.05, 3.63) is 58.7 Å². The van der Waals surface area contributed by atoms with Crippen molar-refractivity contribution in [2.75, 3.05) is 41.8 Å². The molecule has 260 valence electrons. The van der Waals surface area contributed by atoms with Crippen molar-refractivity contribution in [2.45, 2.75) is 71.4 Å². The number of carbonyl (C=O) groups excluding carboxylic acids is 1. The van der Waals surface area contributed by atoms with Gasteiger partial charge in [-0.2, -0.15) is 4.98 Å². The Balaban J connectivity index is 1.48. The molecule has 2 heterocycles. The number of halogens is 1. The van der Waals surface area contributed by atoms with Crippen LogP contribution in [0.4, 0.5) is 17.3 Å². The van der Waals surface area contributed by atoms with Gasteiger partial charge in [0.15, 0.2) is 5.75 Å². The van der Waals surface area contributed by atoms with Crippen LogP contribution in [-0.4, -0.2) is 73.3 Å². The van der Waals surface area contributed by atoms with Crippen molar-refractivity contribution >= 4 is 50.9 Å². The highest BCUT2D eigenvalue weighted by atomic mass is 35.5. The number of methoxy groups -OCH3 is 1. The molecule has 0 unspecified atom stereocenters. The molecule has 15 heteroatoms. The number of anilines is 3. The average molecular weight is 702 g/mol. The Morgan fingerprint density at radius 2 is 1.71 bits per heavy atom. The Morgan fingerprint density at radius 3 is 2.31 bits per heavy atom. The van der Waals surface area contributed by atoms with E-state index in [1.54, 1.807) is 36.5 Å². The molecule has 0 atom stereocenters. The van der Waals surface area contributed by atoms with Crippen molar-refractivity contribution in [1.82, 2.24) is 14.9 Å². The Morgan fingerprint density at radius 1 is 1.04 bits per heavy atom. The van der Waals surface area contributed by atoms with Crippen LogP contribution in [0.5, 0.6) is 17.4 Å². The van der Waals surface area contributed by atoms with E-state index in [1.807, 2.05) is 46.4 Å². The molecule has 1 aliphatic rings. The SMILES string of the molecule is COc1c(NC(=O)c2ccc(Cl)c(Oc3ccnc(NC4CCN(C(=N)OC(C)(C)C)CC4)n3)c2)cc(C(C)(C)C)cc1NS(C)(=O)=O. The number of ether oxygens (including phenoxy) is 3. The molecular weight excluding hydrogens is 658 g/mol. The second kappa shape index (κ2) is 14.4. The topological polar surface area (TPSA) is 168 Å². The molecule has 0 saturated carbocycles. The molecule has 1 aliphatic heterocycles. The van der Waals surface area contributed by atoms with E-state index < -0.39 is 21.5 Å². The molecule has 1 aromatic heterocycles. The van der Waals surface area contributed by atoms with Gasteiger partial charge in [-0.1, -0.05) is 32.4 Å². The van der Waals surface area contributed by atoms with Crippen LogP contribution in [0.25, 0.3) is 0 Å². The largest absolute Gasteiger partial charge is 0.492 e. The third-order valence-electron chi connectivity index (χ3n) is 7.26. The van der Waals surface area contributed by atoms with E-state index in [9.17, 15) is 13.2 Å². The maximum Gasteiger partial charge on any atom is 0.284 e. The molecule has 4 N–H and O–H groups in total. The zero-order valence-corrected chi connectivity index (χ0v) is 30.1. The first-order valence-corrected chi connectivity index (χ1v) is 17.7. The predicted molar refractivity (Wildman–Crippen MR) is 188 cm³/mol. The molecule has 0 aliphatic carbocycles. The lowest BCUT2D eigenvalue weighted by atomic mass is 9.86. The molecule has 1 fully saturated rings. The van der Waals surface area contributed by atoms with Crippen molar-refractivity contribution < 1.29 is 27.4 Å². The van der Waals surface area contributed by atoms with Gasteiger partial charge in [-0.15, -0.1) is 0 Å². The molecule has 2 aromatic carbocycles. The lowest BCUT2D eigenvalue weighted by molar-refractivity contribution is 0.0801. The maximum atomic E-state index is 13.5. The summed E-state index contributed by atoms with van der Waals surface area (Å²) in [6, 6.07) is 9.87. The molecule has 1 saturated heterocycles. The summed E-state index contributed by atoms with van der Waals surface area (Å²) in [5.41, 5.74) is 0.703. The molecule has 13 nitrogen and oxygen atoms in total. The van der Waals surface area contributed by atoms with Gasteiger partial charge in [-0.25, -0.2) is 13.4 Å². The third kappa shape index (κ3) is 10.1. The number of benzene rings is 2. The Labute approximate surface area is 287 Å². The second-order valence-electron chi connectivity index (χ2n) is 13.6. The third-order valence-corrected chi connectivity index (χ3v) is 8.16. The quantitative estimate of drug-likeness (QED) is 0.143. The van der Waals surface area contributed by atoms with Crippen molar-refractivity contribution in [3.63, 3.8) is 0 Å². The number of amides is 1. The number of sulfonamides is 1. The number of piperidine rings is 1. The molecule has 4 rings (SSSR count). The van der Waals surface area contributed by atoms with Crippen LogP contribution in [0.15, 0.2) is 42.6 Å². The Kier molecular flexibility index (Phi) is 11.0. The summed E-state index contributed by atoms with van der Waals surface area (Å²) in [5, 5.41) is 14.7. The predicted octanol–water partition coefficient (Wildman–Crippen LogP) is 6.48. The normalized spacial score (nSPS) is 14.2. The van der Waals surface area contributed by atoms with Crippen molar-refractivity contribution in [3.8, 4) is 17.4 Å². The number of nitrogens with zero attached hydrogens (tertiary/aromatic N) is 3. The summed E-state index contributed by atoms with van der Waals surface area (Å²) in [5.74, 6) is 0.468. The minimum Gasteiger partial charge on any atom is -0.492 e. The van der Waals surface area contributed by atoms with Gasteiger partial charge in [0.05, 0.1) is 29.8 Å². The van der Waals surface area contributed by atoms with Gasteiger partial charge in [-0.05, 0) is 74.9 Å². The van der Waals surface area contributed by atoms with E-state index >= 15 is 0 Å². The van der Waals surface area contributed by atoms with Gasteiger partial charge in [0, 0.05) is 37.0 Å². The van der Waals surface area contributed by atoms with Gasteiger partial charge in [0.2, 0.25) is 21.9 Å². The zero-order chi connectivity index (χ0) is 35.4. The van der Waals surface area contributed by atoms with Gasteiger partial charge >= 0.3 is 0 Å². The first-order valence-electron chi connectivity index (χ1n) is 15.4. The molecule has 48 heavy (non-hydrogen) atoms. The highest BCUT2D eigenvalue weighted by Crippen LogP contribution is 2.39. The van der Waals surface area contributed by atoms with Crippen LogP contribution in [0.2, 0.25) is 5.02 Å². The summed E-state index contributed by atoms with van der Waals surface area (Å²) in [6.45, 7) is 13.0. The average Bonchev–Trinajstić information content (AvgIpc) is 2.96. The zero-order valence-electron chi connectivity index (χ0n) is 28.5. The monoisotopic (exact) mass is 701 g/mol. The van der Waals surface area contributed by atoms with E-state index in [4.69, 9.17) is 31.2 Å². The fourth-order valence-electron chi connectivity index (χ4n) is 4.91. The summed E-state index contributed by atoms with van der Waals surface area (Å²) >= 11 is 6.45. The molecule has 3 aromatic rings. The van der Waals surface area contributed by atoms with E-state index in [0.717, 1.165) is 24.7 Å². The second-order valence-corrected chi connectivity index (χ2v) is 15.7. The smallest absolute Gasteiger partial charge is 0.284 e. The number of aromatic nitrogens is 2. The number of amidine groups is 1. The highest BCUT2D eigenvalue weighted by Gasteiger charge is 2.26. The first-order chi connectivity index (χ1) is 22.3. The highest BCUT2D eigenvalue weighted by molar-refractivity contribution is 7.92. The molecule has 0 bridgehead atoms. The summed E-state index contributed by atoms with van der Waals surface area (Å²) in [6.07, 6.45) is 4.14. The van der Waals surface area contributed by atoms with Crippen molar-refractivity contribution in [2.24, 2.45) is 0 Å². The van der Waals surface area contributed by atoms with Crippen LogP contribution < -0.4 is 24.8 Å². The standard InChI is InChI=1S/C33H44ClN7O6S/c1-32(2,3)21-18-24(28(45-7)25(19-21)40-48(8,43)44)38-29(42)20-9-10-23(34)26(17-20)46-27-11-14-36-31(39-27)37-22-12-15-41(16-13-22)30(35)47-33(4,5)6/h9-11,14,17-19,22,35,40H,12-13,15-16H2,1-8H3,(H,38,42)(H,36,37,39). The van der Waals surface area contributed by atoms with E-state index in [2.05, 4.69) is 25.3 Å². The lowest BCUT2D eigenvalue weighted by Crippen LogP contribution is -2.45. The van der Waals surface area contributed by atoms with Crippen LogP contribution >= 0.6 is 11.6 Å². The summed E-state index contributed by atoms with van der Waals surface area (Å²) in [7, 11) is -2.24. The number of carbonyl (C=O) groups is 1. The Bertz CT molecular complexity index is 1760. The van der Waals surface area contributed by atoms with Gasteiger partial charge in [0.25, 0.3) is 11.9 Å². The van der Waals surface area contributed by atoms with E-state index in [-0.39, 0.29) is 56.8 Å². The van der Waals surface area contributed by atoms with Gasteiger partial charge < -0.3 is 29.7 Å². The summed E-state index contributed by atoms with van der Waals surface area (Å²) < 4.78 is 43.9. The molecule has 1 amide bonds. The number of likely N-dealkylation sites (tertiary alicyclic amines) is 1. The number of hydrogen-bond donors (Lipinski definition) is 4. The lowest BCUT2D eigenvalue weighted by Gasteiger charge is -2.35. The maximum absolute atomic E-state index is 13.5. The van der Waals surface area contributed by atoms with E-state index in [1.165, 1.54) is 13.2 Å². The molecule has 0 radical (unpaired) electrons. The van der Waals surface area contributed by atoms with Gasteiger partial charge in [0.1, 0.15) is 11.4 Å². The number of rotatable bonds is 9. The summed E-state index contributed by atoms with van der Waals surface area (Å²) in [4.78, 5) is 24.2. The fourth-order valence-corrected chi connectivity index (χ4v) is 5.62. The van der Waals surface area contributed by atoms with Crippen LogP contribution in [0.3, 0.4) is 0 Å².